The Labute approximate surface area is 347 Å². The molecule has 9 aromatic carbocycles. The molecule has 0 aliphatic heterocycles. The maximum absolute atomic E-state index is 6.16. The van der Waals surface area contributed by atoms with Gasteiger partial charge in [-0.2, -0.15) is 0 Å². The van der Waals surface area contributed by atoms with Crippen molar-refractivity contribution in [3.8, 4) is 61.6 Å². The van der Waals surface area contributed by atoms with Gasteiger partial charge >= 0.3 is 0 Å². The van der Waals surface area contributed by atoms with Gasteiger partial charge in [-0.25, -0.2) is 4.98 Å². The molecule has 0 fully saturated rings. The van der Waals surface area contributed by atoms with Gasteiger partial charge in [0, 0.05) is 38.4 Å². The summed E-state index contributed by atoms with van der Waals surface area (Å²) in [6.45, 7) is 0. The topological polar surface area (TPSA) is 31.0 Å². The van der Waals surface area contributed by atoms with Crippen LogP contribution in [0.4, 0.5) is 0 Å². The summed E-state index contributed by atoms with van der Waals surface area (Å²) in [6, 6.07) is 78.1. The van der Waals surface area contributed by atoms with E-state index in [1.807, 2.05) is 18.2 Å². The van der Waals surface area contributed by atoms with E-state index < -0.39 is 0 Å². The molecule has 0 amide bonds. The van der Waals surface area contributed by atoms with E-state index in [0.29, 0.717) is 0 Å². The predicted molar refractivity (Wildman–Crippen MR) is 251 cm³/mol. The first-order valence-corrected chi connectivity index (χ1v) is 20.4. The Kier molecular flexibility index (Phi) is 7.85. The average molecular weight is 765 g/mol. The van der Waals surface area contributed by atoms with E-state index in [-0.39, 0.29) is 0 Å². The third-order valence-electron chi connectivity index (χ3n) is 12.0. The van der Waals surface area contributed by atoms with Crippen LogP contribution >= 0.6 is 0 Å². The normalized spacial score (nSPS) is 11.7. The number of aromatic nitrogens is 2. The van der Waals surface area contributed by atoms with Crippen molar-refractivity contribution in [1.29, 1.82) is 0 Å². The second kappa shape index (κ2) is 13.8. The monoisotopic (exact) mass is 764 g/mol. The van der Waals surface area contributed by atoms with Crippen molar-refractivity contribution in [2.75, 3.05) is 0 Å². The van der Waals surface area contributed by atoms with Crippen LogP contribution in [0, 0.1) is 0 Å². The molecule has 0 atom stereocenters. The van der Waals surface area contributed by atoms with E-state index in [0.717, 1.165) is 55.7 Å². The highest BCUT2D eigenvalue weighted by atomic mass is 16.3. The first-order chi connectivity index (χ1) is 29.7. The number of hydrogen-bond donors (Lipinski definition) is 0. The Bertz CT molecular complexity index is 3520. The molecule has 0 spiro atoms. The lowest BCUT2D eigenvalue weighted by molar-refractivity contribution is 0.669. The Balaban J connectivity index is 0.947. The van der Waals surface area contributed by atoms with Crippen LogP contribution in [0.3, 0.4) is 0 Å². The van der Waals surface area contributed by atoms with Crippen LogP contribution in [0.15, 0.2) is 223 Å². The molecule has 12 rings (SSSR count). The van der Waals surface area contributed by atoms with Crippen LogP contribution in [-0.4, -0.2) is 9.55 Å². The molecule has 3 heteroatoms. The predicted octanol–water partition coefficient (Wildman–Crippen LogP) is 15.6. The van der Waals surface area contributed by atoms with Gasteiger partial charge in [0.25, 0.3) is 0 Å². The molecule has 0 radical (unpaired) electrons. The van der Waals surface area contributed by atoms with Gasteiger partial charge < -0.3 is 8.98 Å². The van der Waals surface area contributed by atoms with E-state index in [2.05, 4.69) is 205 Å². The van der Waals surface area contributed by atoms with E-state index in [9.17, 15) is 0 Å². The number of pyridine rings is 1. The zero-order valence-corrected chi connectivity index (χ0v) is 32.6. The summed E-state index contributed by atoms with van der Waals surface area (Å²) in [5.41, 5.74) is 16.5. The van der Waals surface area contributed by atoms with Crippen LogP contribution in [0.25, 0.3) is 116 Å². The second-order valence-electron chi connectivity index (χ2n) is 15.5. The molecule has 0 bridgehead atoms. The lowest BCUT2D eigenvalue weighted by Gasteiger charge is -2.13. The highest BCUT2D eigenvalue weighted by Crippen LogP contribution is 2.41. The number of benzene rings is 9. The van der Waals surface area contributed by atoms with Gasteiger partial charge in [0.1, 0.15) is 11.2 Å². The van der Waals surface area contributed by atoms with Gasteiger partial charge in [-0.3, -0.25) is 0 Å². The van der Waals surface area contributed by atoms with Gasteiger partial charge in [-0.15, -0.1) is 0 Å². The molecule has 3 heterocycles. The molecule has 0 aliphatic rings. The van der Waals surface area contributed by atoms with Crippen molar-refractivity contribution < 1.29 is 4.42 Å². The summed E-state index contributed by atoms with van der Waals surface area (Å²) in [7, 11) is 0. The molecule has 0 saturated heterocycles. The third kappa shape index (κ3) is 5.63. The Morgan fingerprint density at radius 1 is 0.300 bits per heavy atom. The van der Waals surface area contributed by atoms with Gasteiger partial charge in [-0.1, -0.05) is 158 Å². The molecule has 12 aromatic rings. The lowest BCUT2D eigenvalue weighted by atomic mass is 9.92. The Hall–Kier alpha value is -8.01. The minimum absolute atomic E-state index is 0.910. The van der Waals surface area contributed by atoms with Crippen LogP contribution in [0.1, 0.15) is 0 Å². The minimum atomic E-state index is 0.910. The molecule has 0 aliphatic carbocycles. The van der Waals surface area contributed by atoms with Crippen molar-refractivity contribution in [3.05, 3.63) is 218 Å². The van der Waals surface area contributed by atoms with Crippen molar-refractivity contribution in [3.63, 3.8) is 0 Å². The van der Waals surface area contributed by atoms with E-state index in [1.54, 1.807) is 0 Å². The Morgan fingerprint density at radius 3 is 1.53 bits per heavy atom. The van der Waals surface area contributed by atoms with Crippen LogP contribution < -0.4 is 0 Å². The maximum atomic E-state index is 6.16. The zero-order valence-electron chi connectivity index (χ0n) is 32.6. The number of rotatable bonds is 6. The van der Waals surface area contributed by atoms with E-state index in [1.165, 1.54) is 60.4 Å². The number of nitrogens with zero attached hydrogens (tertiary/aromatic N) is 2. The van der Waals surface area contributed by atoms with Gasteiger partial charge in [0.05, 0.1) is 22.4 Å². The molecular formula is C57H36N2O. The summed E-state index contributed by atoms with van der Waals surface area (Å²) in [5, 5.41) is 7.18. The summed E-state index contributed by atoms with van der Waals surface area (Å²) >= 11 is 0. The fourth-order valence-corrected chi connectivity index (χ4v) is 9.14. The average Bonchev–Trinajstić information content (AvgIpc) is 3.87. The summed E-state index contributed by atoms with van der Waals surface area (Å²) in [6.07, 6.45) is 0. The molecule has 280 valence electrons. The fourth-order valence-electron chi connectivity index (χ4n) is 9.14. The standard InChI is InChI=1S/C57H36N2O/c1-3-13-37(14-4-1)42-35-52(38-15-5-2-6-16-38)58-53(36-42)39-25-29-43(30-26-39)59-54-23-9-7-17-48(54)50-33-40(27-31-55(50)59)44-19-11-22-47-45(20-12-21-46(44)47)41-28-32-57-51(34-41)49-18-8-10-24-56(49)60-57/h1-36H. The molecule has 0 saturated carbocycles. The Morgan fingerprint density at radius 2 is 0.817 bits per heavy atom. The van der Waals surface area contributed by atoms with Crippen LogP contribution in [0.5, 0.6) is 0 Å². The van der Waals surface area contributed by atoms with Crippen LogP contribution in [0.2, 0.25) is 0 Å². The third-order valence-corrected chi connectivity index (χ3v) is 12.0. The maximum Gasteiger partial charge on any atom is 0.135 e. The number of furan rings is 1. The van der Waals surface area contributed by atoms with Crippen molar-refractivity contribution >= 4 is 54.5 Å². The van der Waals surface area contributed by atoms with Gasteiger partial charge in [0.2, 0.25) is 0 Å². The quantitative estimate of drug-likeness (QED) is 0.169. The molecule has 3 nitrogen and oxygen atoms in total. The first kappa shape index (κ1) is 34.1. The van der Waals surface area contributed by atoms with Crippen molar-refractivity contribution in [2.45, 2.75) is 0 Å². The second-order valence-corrected chi connectivity index (χ2v) is 15.5. The highest BCUT2D eigenvalue weighted by molar-refractivity contribution is 6.13. The summed E-state index contributed by atoms with van der Waals surface area (Å²) < 4.78 is 8.55. The first-order valence-electron chi connectivity index (χ1n) is 20.4. The largest absolute Gasteiger partial charge is 0.456 e. The summed E-state index contributed by atoms with van der Waals surface area (Å²) in [4.78, 5) is 5.18. The number of fused-ring (bicyclic) bond motifs is 7. The molecule has 3 aromatic heterocycles. The molecule has 60 heavy (non-hydrogen) atoms. The lowest BCUT2D eigenvalue weighted by Crippen LogP contribution is -1.95. The molecular weight excluding hydrogens is 729 g/mol. The summed E-state index contributed by atoms with van der Waals surface area (Å²) in [5.74, 6) is 0. The fraction of sp³-hybridized carbons (Fsp3) is 0. The smallest absolute Gasteiger partial charge is 0.135 e. The van der Waals surface area contributed by atoms with E-state index >= 15 is 0 Å². The van der Waals surface area contributed by atoms with Gasteiger partial charge in [0.15, 0.2) is 0 Å². The number of para-hydroxylation sites is 2. The molecule has 0 N–H and O–H groups in total. The highest BCUT2D eigenvalue weighted by Gasteiger charge is 2.17. The zero-order chi connectivity index (χ0) is 39.6. The minimum Gasteiger partial charge on any atom is -0.456 e. The van der Waals surface area contributed by atoms with Crippen molar-refractivity contribution in [2.24, 2.45) is 0 Å². The van der Waals surface area contributed by atoms with Gasteiger partial charge in [-0.05, 0) is 105 Å². The number of hydrogen-bond acceptors (Lipinski definition) is 2. The van der Waals surface area contributed by atoms with Crippen molar-refractivity contribution in [1.82, 2.24) is 9.55 Å². The molecule has 0 unspecified atom stereocenters. The van der Waals surface area contributed by atoms with Crippen LogP contribution in [-0.2, 0) is 0 Å². The van der Waals surface area contributed by atoms with E-state index in [4.69, 9.17) is 9.40 Å². The SMILES string of the molecule is c1ccc(-c2cc(-c3ccccc3)nc(-c3ccc(-n4c5ccccc5c5cc(-c6cccc7c(-c8ccc9oc%10ccccc%10c9c8)cccc67)ccc54)cc3)c2)cc1.